The van der Waals surface area contributed by atoms with Gasteiger partial charge in [-0.05, 0) is 69.6 Å². The molecule has 0 bridgehead atoms. The number of likely N-dealkylation sites (tertiary alicyclic amines) is 1. The summed E-state index contributed by atoms with van der Waals surface area (Å²) in [7, 11) is 3.82. The van der Waals surface area contributed by atoms with Gasteiger partial charge in [-0.1, -0.05) is 26.8 Å². The second-order valence-electron chi connectivity index (χ2n) is 16.8. The number of anilines is 2. The average Bonchev–Trinajstić information content (AvgIpc) is 3.56. The third kappa shape index (κ3) is 9.30. The molecule has 5 atom stereocenters. The van der Waals surface area contributed by atoms with Crippen LogP contribution in [0.1, 0.15) is 73.1 Å². The van der Waals surface area contributed by atoms with E-state index in [0.29, 0.717) is 33.2 Å². The number of alkyl carbamates (subject to hydrolysis) is 1. The smallest absolute Gasteiger partial charge is 0.413 e. The number of carboxylic acid groups (broad SMARTS) is 1. The van der Waals surface area contributed by atoms with Crippen molar-refractivity contribution in [1.29, 1.82) is 0 Å². The van der Waals surface area contributed by atoms with E-state index >= 15 is 0 Å². The molecule has 2 aliphatic carbocycles. The van der Waals surface area contributed by atoms with Gasteiger partial charge in [0.25, 0.3) is 0 Å². The number of aliphatic carboxylic acids is 1. The number of carbonyl (C=O) groups is 5. The van der Waals surface area contributed by atoms with Gasteiger partial charge in [-0.15, -0.1) is 17.9 Å². The maximum atomic E-state index is 14.6. The minimum atomic E-state index is -1.54. The molecule has 1 aliphatic heterocycles. The molecule has 1 aromatic carbocycles. The number of carboxylic acids is 1. The van der Waals surface area contributed by atoms with Crippen LogP contribution in [-0.4, -0.2) is 107 Å². The van der Waals surface area contributed by atoms with Crippen molar-refractivity contribution in [2.24, 2.45) is 11.3 Å². The Morgan fingerprint density at radius 2 is 1.78 bits per heavy atom. The van der Waals surface area contributed by atoms with Crippen molar-refractivity contribution < 1.29 is 43.3 Å². The summed E-state index contributed by atoms with van der Waals surface area (Å²) in [5.74, 6) is -2.44. The number of hydrogen-bond donors (Lipinski definition) is 4. The van der Waals surface area contributed by atoms with Crippen LogP contribution in [0.2, 0.25) is 0 Å². The standard InChI is InChI=1S/C41H53N7O9S/c1-9-23-19-41(23,36(51)52)46-34(49)31-17-26(20-48(31)35(50)33(40(4,5)6)44-38(53)57-25-12-10-11-13-25)56-32-18-29(42-28-16-24(47(7)8)14-15-27(28)32)30-21-58-37(43-30)45-39(54)55-22(2)3/h9,14-16,18,21-23,25-26,31,33H,1,10-13,17,19-20H2,2-8H3,(H,44,53)(H,46,49)(H,51,52)(H,43,45,54)/t23-,26?,31+,33-,41-/m1/s1. The van der Waals surface area contributed by atoms with Gasteiger partial charge in [0, 0.05) is 49.0 Å². The summed E-state index contributed by atoms with van der Waals surface area (Å²) in [6, 6.07) is 5.20. The highest BCUT2D eigenvalue weighted by atomic mass is 32.1. The molecule has 3 heterocycles. The molecule has 4 amide bonds. The Labute approximate surface area is 341 Å². The lowest BCUT2D eigenvalue weighted by Crippen LogP contribution is -2.59. The van der Waals surface area contributed by atoms with Crippen LogP contribution < -0.4 is 25.6 Å². The topological polar surface area (TPSA) is 202 Å². The number of hydrogen-bond acceptors (Lipinski definition) is 12. The Kier molecular flexibility index (Phi) is 12.2. The largest absolute Gasteiger partial charge is 0.488 e. The second-order valence-corrected chi connectivity index (χ2v) is 17.6. The lowest BCUT2D eigenvalue weighted by Gasteiger charge is -2.35. The Morgan fingerprint density at radius 3 is 2.40 bits per heavy atom. The van der Waals surface area contributed by atoms with Crippen LogP contribution in [0.25, 0.3) is 22.3 Å². The average molecular weight is 820 g/mol. The molecule has 3 aromatic rings. The number of benzene rings is 1. The quantitative estimate of drug-likeness (QED) is 0.148. The number of aromatic nitrogens is 2. The van der Waals surface area contributed by atoms with Crippen LogP contribution in [0.4, 0.5) is 20.4 Å². The van der Waals surface area contributed by atoms with Crippen LogP contribution in [0.15, 0.2) is 42.3 Å². The van der Waals surface area contributed by atoms with Crippen LogP contribution >= 0.6 is 11.3 Å². The molecule has 1 saturated heterocycles. The van der Waals surface area contributed by atoms with Crippen molar-refractivity contribution >= 4 is 63.0 Å². The highest BCUT2D eigenvalue weighted by Gasteiger charge is 2.61. The number of pyridine rings is 1. The van der Waals surface area contributed by atoms with E-state index in [1.807, 2.05) is 58.0 Å². The Bertz CT molecular complexity index is 2080. The first-order valence-corrected chi connectivity index (χ1v) is 20.4. The fourth-order valence-corrected chi connectivity index (χ4v) is 8.16. The molecule has 0 radical (unpaired) electrons. The monoisotopic (exact) mass is 819 g/mol. The zero-order chi connectivity index (χ0) is 42.1. The lowest BCUT2D eigenvalue weighted by atomic mass is 9.85. The molecule has 58 heavy (non-hydrogen) atoms. The molecule has 2 aromatic heterocycles. The number of amides is 4. The zero-order valence-electron chi connectivity index (χ0n) is 34.0. The van der Waals surface area contributed by atoms with Gasteiger partial charge in [-0.25, -0.2) is 24.4 Å². The van der Waals surface area contributed by atoms with E-state index in [-0.39, 0.29) is 31.6 Å². The van der Waals surface area contributed by atoms with Crippen LogP contribution in [0, 0.1) is 11.3 Å². The van der Waals surface area contributed by atoms with Gasteiger partial charge < -0.3 is 39.8 Å². The van der Waals surface area contributed by atoms with Gasteiger partial charge in [0.1, 0.15) is 41.3 Å². The minimum absolute atomic E-state index is 0.0209. The number of carbonyl (C=O) groups excluding carboxylic acids is 4. The maximum Gasteiger partial charge on any atom is 0.413 e. The maximum absolute atomic E-state index is 14.6. The van der Waals surface area contributed by atoms with Gasteiger partial charge in [0.2, 0.25) is 11.8 Å². The van der Waals surface area contributed by atoms with E-state index in [1.54, 1.807) is 25.3 Å². The third-order valence-electron chi connectivity index (χ3n) is 10.7. The van der Waals surface area contributed by atoms with Crippen LogP contribution in [0.3, 0.4) is 0 Å². The zero-order valence-corrected chi connectivity index (χ0v) is 34.8. The molecule has 16 nitrogen and oxygen atoms in total. The summed E-state index contributed by atoms with van der Waals surface area (Å²) >= 11 is 1.20. The molecule has 312 valence electrons. The molecular formula is C41H53N7O9S. The van der Waals surface area contributed by atoms with Gasteiger partial charge in [-0.3, -0.25) is 14.9 Å². The van der Waals surface area contributed by atoms with Gasteiger partial charge in [-0.2, -0.15) is 0 Å². The fraction of sp³-hybridized carbons (Fsp3) is 0.537. The van der Waals surface area contributed by atoms with Crippen molar-refractivity contribution in [3.63, 3.8) is 0 Å². The highest BCUT2D eigenvalue weighted by Crippen LogP contribution is 2.45. The van der Waals surface area contributed by atoms with E-state index < -0.39 is 65.0 Å². The number of rotatable bonds is 13. The lowest BCUT2D eigenvalue weighted by molar-refractivity contribution is -0.146. The Morgan fingerprint density at radius 1 is 1.05 bits per heavy atom. The summed E-state index contributed by atoms with van der Waals surface area (Å²) in [6.07, 6.45) is 2.47. The Balaban J connectivity index is 1.33. The molecule has 6 rings (SSSR count). The van der Waals surface area contributed by atoms with E-state index in [1.165, 1.54) is 22.3 Å². The fourth-order valence-electron chi connectivity index (χ4n) is 7.47. The predicted molar refractivity (Wildman–Crippen MR) is 219 cm³/mol. The highest BCUT2D eigenvalue weighted by molar-refractivity contribution is 7.14. The first-order valence-electron chi connectivity index (χ1n) is 19.6. The SMILES string of the molecule is C=C[C@@H]1C[C@]1(NC(=O)[C@@H]1CC(Oc2cc(-c3csc(NC(=O)OC(C)C)n3)nc3cc(N(C)C)ccc23)CN1C(=O)[C@@H](NC(=O)OC1CCCC1)C(C)(C)C)C(=O)O. The molecule has 2 saturated carbocycles. The van der Waals surface area contributed by atoms with Gasteiger partial charge in [0.15, 0.2) is 5.13 Å². The van der Waals surface area contributed by atoms with Crippen molar-refractivity contribution in [2.45, 2.75) is 109 Å². The van der Waals surface area contributed by atoms with E-state index in [0.717, 1.165) is 31.4 Å². The summed E-state index contributed by atoms with van der Waals surface area (Å²) in [5, 5.41) is 21.0. The number of thiazole rings is 1. The molecule has 4 N–H and O–H groups in total. The summed E-state index contributed by atoms with van der Waals surface area (Å²) in [5.41, 5.74) is 0.0532. The van der Waals surface area contributed by atoms with Crippen LogP contribution in [-0.2, 0) is 23.9 Å². The minimum Gasteiger partial charge on any atom is -0.488 e. The molecule has 3 fully saturated rings. The molecular weight excluding hydrogens is 767 g/mol. The van der Waals surface area contributed by atoms with Crippen molar-refractivity contribution in [3.8, 4) is 17.1 Å². The van der Waals surface area contributed by atoms with Crippen molar-refractivity contribution in [2.75, 3.05) is 30.9 Å². The Hall–Kier alpha value is -5.45. The van der Waals surface area contributed by atoms with Crippen LogP contribution in [0.5, 0.6) is 5.75 Å². The van der Waals surface area contributed by atoms with E-state index in [2.05, 4.69) is 27.5 Å². The summed E-state index contributed by atoms with van der Waals surface area (Å²) < 4.78 is 17.6. The number of ether oxygens (including phenoxy) is 3. The van der Waals surface area contributed by atoms with E-state index in [4.69, 9.17) is 19.2 Å². The first kappa shape index (κ1) is 42.2. The van der Waals surface area contributed by atoms with Crippen molar-refractivity contribution in [3.05, 3.63) is 42.3 Å². The molecule has 3 aliphatic rings. The predicted octanol–water partition coefficient (Wildman–Crippen LogP) is 5.96. The summed E-state index contributed by atoms with van der Waals surface area (Å²) in [6.45, 7) is 12.6. The number of nitrogens with zero attached hydrogens (tertiary/aromatic N) is 4. The third-order valence-corrected chi connectivity index (χ3v) is 11.5. The first-order chi connectivity index (χ1) is 27.4. The van der Waals surface area contributed by atoms with Crippen molar-refractivity contribution in [1.82, 2.24) is 25.5 Å². The summed E-state index contributed by atoms with van der Waals surface area (Å²) in [4.78, 5) is 79.4. The normalized spacial score (nSPS) is 22.3. The van der Waals surface area contributed by atoms with Gasteiger partial charge >= 0.3 is 18.2 Å². The number of nitrogens with one attached hydrogen (secondary N) is 3. The molecule has 1 unspecified atom stereocenters. The second kappa shape index (κ2) is 16.8. The molecule has 0 spiro atoms. The molecule has 17 heteroatoms. The van der Waals surface area contributed by atoms with Gasteiger partial charge in [0.05, 0.1) is 23.9 Å². The number of fused-ring (bicyclic) bond motifs is 1. The van der Waals surface area contributed by atoms with E-state index in [9.17, 15) is 29.1 Å².